The van der Waals surface area contributed by atoms with Crippen LogP contribution in [-0.2, 0) is 9.47 Å². The van der Waals surface area contributed by atoms with E-state index in [1.54, 1.807) is 14.2 Å². The summed E-state index contributed by atoms with van der Waals surface area (Å²) in [5, 5.41) is 0. The highest BCUT2D eigenvalue weighted by Crippen LogP contribution is 2.23. The number of ether oxygens (including phenoxy) is 2. The highest BCUT2D eigenvalue weighted by atomic mass is 16.5. The Kier molecular flexibility index (Phi) is 3.91. The first kappa shape index (κ1) is 13.0. The Labute approximate surface area is 96.7 Å². The molecule has 0 bridgehead atoms. The molecule has 1 aliphatic rings. The third-order valence-corrected chi connectivity index (χ3v) is 2.76. The summed E-state index contributed by atoms with van der Waals surface area (Å²) >= 11 is 0. The van der Waals surface area contributed by atoms with Crippen LogP contribution in [0.5, 0.6) is 0 Å². The van der Waals surface area contributed by atoms with Crippen molar-refractivity contribution in [1.82, 2.24) is 0 Å². The first-order valence-corrected chi connectivity index (χ1v) is 5.44. The Morgan fingerprint density at radius 1 is 1.38 bits per heavy atom. The lowest BCUT2D eigenvalue weighted by Crippen LogP contribution is -2.49. The Morgan fingerprint density at radius 2 is 2.00 bits per heavy atom. The normalized spacial score (nSPS) is 29.8. The molecule has 0 spiro atoms. The van der Waals surface area contributed by atoms with Crippen molar-refractivity contribution in [2.45, 2.75) is 32.4 Å². The van der Waals surface area contributed by atoms with Crippen molar-refractivity contribution in [2.75, 3.05) is 20.8 Å². The van der Waals surface area contributed by atoms with Gasteiger partial charge in [0, 0.05) is 6.54 Å². The van der Waals surface area contributed by atoms with Crippen LogP contribution in [0.4, 0.5) is 0 Å². The minimum absolute atomic E-state index is 0.0837. The molecule has 0 amide bonds. The molecule has 1 heterocycles. The van der Waals surface area contributed by atoms with Gasteiger partial charge in [-0.15, -0.1) is 0 Å². The molecule has 0 saturated heterocycles. The van der Waals surface area contributed by atoms with Crippen LogP contribution in [0, 0.1) is 5.92 Å². The van der Waals surface area contributed by atoms with Gasteiger partial charge in [0.05, 0.1) is 14.2 Å². The summed E-state index contributed by atoms with van der Waals surface area (Å²) < 4.78 is 10.6. The van der Waals surface area contributed by atoms with Crippen LogP contribution < -0.4 is 5.73 Å². The van der Waals surface area contributed by atoms with Crippen molar-refractivity contribution < 1.29 is 9.47 Å². The van der Waals surface area contributed by atoms with E-state index in [-0.39, 0.29) is 6.04 Å². The summed E-state index contributed by atoms with van der Waals surface area (Å²) in [7, 11) is 3.20. The molecular formula is C11H21N3O2. The smallest absolute Gasteiger partial charge is 0.213 e. The number of nitrogens with zero attached hydrogens (tertiary/aromatic N) is 2. The number of rotatable bonds is 2. The molecule has 1 unspecified atom stereocenters. The highest BCUT2D eigenvalue weighted by molar-refractivity contribution is 5.96. The van der Waals surface area contributed by atoms with Crippen LogP contribution >= 0.6 is 0 Å². The third kappa shape index (κ3) is 2.19. The second-order valence-corrected chi connectivity index (χ2v) is 4.46. The number of hydrogen-bond donors (Lipinski definition) is 1. The second-order valence-electron chi connectivity index (χ2n) is 4.46. The number of aliphatic imine (C=N–C) groups is 2. The molecule has 1 aliphatic heterocycles. The van der Waals surface area contributed by atoms with Gasteiger partial charge in [0.2, 0.25) is 11.8 Å². The van der Waals surface area contributed by atoms with Gasteiger partial charge < -0.3 is 15.2 Å². The van der Waals surface area contributed by atoms with Crippen molar-refractivity contribution >= 4 is 11.8 Å². The fraction of sp³-hybridized carbons (Fsp3) is 0.818. The van der Waals surface area contributed by atoms with Crippen LogP contribution in [0.15, 0.2) is 9.98 Å². The quantitative estimate of drug-likeness (QED) is 0.759. The zero-order valence-corrected chi connectivity index (χ0v) is 10.7. The minimum atomic E-state index is -0.606. The predicted octanol–water partition coefficient (Wildman–Crippen LogP) is 0.832. The molecule has 0 radical (unpaired) electrons. The maximum absolute atomic E-state index is 5.72. The van der Waals surface area contributed by atoms with Gasteiger partial charge in [-0.2, -0.15) is 0 Å². The molecule has 2 atom stereocenters. The van der Waals surface area contributed by atoms with Gasteiger partial charge in [-0.25, -0.2) is 9.98 Å². The SMILES string of the molecule is COC1=N[C@@](C)(CN)C(OC)=NC1C(C)C. The zero-order valence-electron chi connectivity index (χ0n) is 10.7. The van der Waals surface area contributed by atoms with E-state index in [2.05, 4.69) is 23.8 Å². The molecule has 0 aliphatic carbocycles. The maximum atomic E-state index is 5.72. The van der Waals surface area contributed by atoms with Crippen molar-refractivity contribution in [1.29, 1.82) is 0 Å². The van der Waals surface area contributed by atoms with Crippen molar-refractivity contribution in [2.24, 2.45) is 21.6 Å². The fourth-order valence-corrected chi connectivity index (χ4v) is 1.68. The third-order valence-electron chi connectivity index (χ3n) is 2.76. The molecule has 0 aromatic carbocycles. The van der Waals surface area contributed by atoms with E-state index >= 15 is 0 Å². The molecule has 0 fully saturated rings. The first-order valence-electron chi connectivity index (χ1n) is 5.44. The van der Waals surface area contributed by atoms with Crippen LogP contribution in [0.3, 0.4) is 0 Å². The molecule has 0 saturated carbocycles. The summed E-state index contributed by atoms with van der Waals surface area (Å²) in [5.41, 5.74) is 5.11. The van der Waals surface area contributed by atoms with Gasteiger partial charge in [0.1, 0.15) is 11.6 Å². The standard InChI is InChI=1S/C11H21N3O2/c1-7(2)8-9(15-4)14-11(3,6-12)10(13-8)16-5/h7-8H,6,12H2,1-5H3/t8?,11-/m0/s1. The second kappa shape index (κ2) is 4.82. The lowest BCUT2D eigenvalue weighted by atomic mass is 9.97. The molecule has 2 N–H and O–H groups in total. The molecular weight excluding hydrogens is 206 g/mol. The average molecular weight is 227 g/mol. The monoisotopic (exact) mass is 227 g/mol. The van der Waals surface area contributed by atoms with Crippen molar-refractivity contribution in [3.8, 4) is 0 Å². The van der Waals surface area contributed by atoms with E-state index < -0.39 is 5.54 Å². The highest BCUT2D eigenvalue weighted by Gasteiger charge is 2.38. The zero-order chi connectivity index (χ0) is 12.3. The van der Waals surface area contributed by atoms with E-state index in [0.29, 0.717) is 24.3 Å². The molecule has 92 valence electrons. The molecule has 0 aromatic heterocycles. The topological polar surface area (TPSA) is 69.2 Å². The number of hydrogen-bond acceptors (Lipinski definition) is 5. The van der Waals surface area contributed by atoms with Crippen LogP contribution in [0.1, 0.15) is 20.8 Å². The van der Waals surface area contributed by atoms with Gasteiger partial charge >= 0.3 is 0 Å². The van der Waals surface area contributed by atoms with Crippen LogP contribution in [0.25, 0.3) is 0 Å². The number of nitrogens with two attached hydrogens (primary N) is 1. The Balaban J connectivity index is 3.12. The van der Waals surface area contributed by atoms with E-state index in [1.165, 1.54) is 0 Å². The van der Waals surface area contributed by atoms with Crippen LogP contribution in [0.2, 0.25) is 0 Å². The van der Waals surface area contributed by atoms with Gasteiger partial charge in [-0.05, 0) is 12.8 Å². The summed E-state index contributed by atoms with van der Waals surface area (Å²) in [6.07, 6.45) is 0. The molecule has 0 aromatic rings. The van der Waals surface area contributed by atoms with Gasteiger partial charge in [-0.3, -0.25) is 0 Å². The largest absolute Gasteiger partial charge is 0.483 e. The average Bonchev–Trinajstić information content (AvgIpc) is 2.28. The van der Waals surface area contributed by atoms with Gasteiger partial charge in [-0.1, -0.05) is 13.8 Å². The fourth-order valence-electron chi connectivity index (χ4n) is 1.68. The van der Waals surface area contributed by atoms with E-state index in [1.807, 2.05) is 6.92 Å². The van der Waals surface area contributed by atoms with Crippen molar-refractivity contribution in [3.63, 3.8) is 0 Å². The van der Waals surface area contributed by atoms with Crippen molar-refractivity contribution in [3.05, 3.63) is 0 Å². The van der Waals surface area contributed by atoms with Gasteiger partial charge in [0.15, 0.2) is 0 Å². The minimum Gasteiger partial charge on any atom is -0.483 e. The van der Waals surface area contributed by atoms with E-state index in [4.69, 9.17) is 15.2 Å². The first-order chi connectivity index (χ1) is 7.48. The molecule has 16 heavy (non-hydrogen) atoms. The Bertz CT molecular complexity index is 312. The maximum Gasteiger partial charge on any atom is 0.213 e. The Hall–Kier alpha value is -1.10. The predicted molar refractivity (Wildman–Crippen MR) is 65.0 cm³/mol. The lowest BCUT2D eigenvalue weighted by Gasteiger charge is -2.32. The van der Waals surface area contributed by atoms with E-state index in [0.717, 1.165) is 0 Å². The summed E-state index contributed by atoms with van der Waals surface area (Å²) in [4.78, 5) is 9.05. The molecule has 1 rings (SSSR count). The summed E-state index contributed by atoms with van der Waals surface area (Å²) in [6, 6.07) is -0.0837. The van der Waals surface area contributed by atoms with E-state index in [9.17, 15) is 0 Å². The molecule has 5 heteroatoms. The lowest BCUT2D eigenvalue weighted by molar-refractivity contribution is 0.312. The summed E-state index contributed by atoms with van der Waals surface area (Å²) in [6.45, 7) is 6.38. The van der Waals surface area contributed by atoms with Gasteiger partial charge in [0.25, 0.3) is 0 Å². The van der Waals surface area contributed by atoms with Crippen LogP contribution in [-0.4, -0.2) is 44.1 Å². The number of methoxy groups -OCH3 is 2. The summed E-state index contributed by atoms with van der Waals surface area (Å²) in [5.74, 6) is 1.52. The Morgan fingerprint density at radius 3 is 2.38 bits per heavy atom. The molecule has 5 nitrogen and oxygen atoms in total.